The van der Waals surface area contributed by atoms with Gasteiger partial charge in [0.1, 0.15) is 0 Å². The maximum absolute atomic E-state index is 5.44. The highest BCUT2D eigenvalue weighted by Crippen LogP contribution is 2.14. The molecule has 3 nitrogen and oxygen atoms in total. The predicted molar refractivity (Wildman–Crippen MR) is 33.9 cm³/mol. The average molecular weight is 127 g/mol. The van der Waals surface area contributed by atoms with Gasteiger partial charge in [0.2, 0.25) is 0 Å². The molecule has 1 radical (unpaired) electrons. The first-order valence-electron chi connectivity index (χ1n) is 3.39. The topological polar surface area (TPSA) is 33.3 Å². The van der Waals surface area contributed by atoms with Crippen molar-refractivity contribution in [3.8, 4) is 0 Å². The minimum atomic E-state index is 0.360. The molecule has 2 heterocycles. The van der Waals surface area contributed by atoms with Crippen LogP contribution in [-0.2, 0) is 4.74 Å². The molecule has 2 rings (SSSR count). The lowest BCUT2D eigenvalue weighted by Gasteiger charge is -2.24. The molecule has 0 aromatic heterocycles. The third kappa shape index (κ3) is 0.956. The van der Waals surface area contributed by atoms with E-state index in [4.69, 9.17) is 4.74 Å². The van der Waals surface area contributed by atoms with Crippen molar-refractivity contribution in [1.29, 1.82) is 0 Å². The summed E-state index contributed by atoms with van der Waals surface area (Å²) in [4.78, 5) is 0. The molecule has 0 saturated carbocycles. The Morgan fingerprint density at radius 1 is 1.56 bits per heavy atom. The van der Waals surface area contributed by atoms with Crippen LogP contribution < -0.4 is 10.6 Å². The molecule has 3 heteroatoms. The molecule has 2 fully saturated rings. The van der Waals surface area contributed by atoms with Crippen LogP contribution in [0.5, 0.6) is 0 Å². The van der Waals surface area contributed by atoms with Crippen molar-refractivity contribution in [1.82, 2.24) is 10.6 Å². The number of hydrogen-bond donors (Lipinski definition) is 2. The second-order valence-corrected chi connectivity index (χ2v) is 2.44. The van der Waals surface area contributed by atoms with Crippen LogP contribution in [0.4, 0.5) is 0 Å². The summed E-state index contributed by atoms with van der Waals surface area (Å²) >= 11 is 0. The Balaban J connectivity index is 1.97. The van der Waals surface area contributed by atoms with Crippen molar-refractivity contribution in [2.24, 2.45) is 0 Å². The Bertz CT molecular complexity index is 95.2. The second kappa shape index (κ2) is 2.25. The van der Waals surface area contributed by atoms with Crippen molar-refractivity contribution in [2.75, 3.05) is 26.2 Å². The smallest absolute Gasteiger partial charge is 0.0913 e. The first kappa shape index (κ1) is 5.65. The maximum atomic E-state index is 5.44. The molecule has 2 saturated heterocycles. The fourth-order valence-corrected chi connectivity index (χ4v) is 1.32. The van der Waals surface area contributed by atoms with Crippen LogP contribution in [0, 0.1) is 6.04 Å². The van der Waals surface area contributed by atoms with Gasteiger partial charge in [-0.15, -0.1) is 0 Å². The Hall–Kier alpha value is -0.120. The van der Waals surface area contributed by atoms with Gasteiger partial charge < -0.3 is 15.4 Å². The second-order valence-electron chi connectivity index (χ2n) is 2.44. The van der Waals surface area contributed by atoms with E-state index in [0.29, 0.717) is 6.10 Å². The van der Waals surface area contributed by atoms with Gasteiger partial charge in [-0.2, -0.15) is 0 Å². The van der Waals surface area contributed by atoms with Gasteiger partial charge in [-0.3, -0.25) is 0 Å². The van der Waals surface area contributed by atoms with Gasteiger partial charge in [0.05, 0.1) is 18.8 Å². The largest absolute Gasteiger partial charge is 0.374 e. The summed E-state index contributed by atoms with van der Waals surface area (Å²) in [7, 11) is 0. The highest BCUT2D eigenvalue weighted by molar-refractivity contribution is 5.05. The van der Waals surface area contributed by atoms with E-state index >= 15 is 0 Å². The summed E-state index contributed by atoms with van der Waals surface area (Å²) in [6, 6.07) is 1.33. The lowest BCUT2D eigenvalue weighted by atomic mass is 10.2. The fourth-order valence-electron chi connectivity index (χ4n) is 1.32. The molecular weight excluding hydrogens is 116 g/mol. The molecule has 1 unspecified atom stereocenters. The number of morpholine rings is 1. The molecule has 2 aliphatic heterocycles. The number of ether oxygens (including phenoxy) is 1. The van der Waals surface area contributed by atoms with E-state index in [1.807, 2.05) is 0 Å². The number of hydrogen-bond acceptors (Lipinski definition) is 3. The minimum absolute atomic E-state index is 0.360. The van der Waals surface area contributed by atoms with Crippen LogP contribution in [0.15, 0.2) is 0 Å². The number of nitrogens with one attached hydrogen (secondary N) is 2. The molecule has 51 valence electrons. The van der Waals surface area contributed by atoms with Crippen LogP contribution in [0.2, 0.25) is 0 Å². The molecule has 1 atom stereocenters. The highest BCUT2D eigenvalue weighted by Gasteiger charge is 2.30. The third-order valence-corrected chi connectivity index (χ3v) is 1.81. The molecule has 0 spiro atoms. The average Bonchev–Trinajstić information content (AvgIpc) is 2.33. The van der Waals surface area contributed by atoms with Crippen molar-refractivity contribution in [3.05, 3.63) is 6.04 Å². The standard InChI is InChI=1S/C6H11N2O/c1-2-9-6-4-7-3-5(6)8-1/h6-8H,1-4H2. The van der Waals surface area contributed by atoms with Crippen molar-refractivity contribution >= 4 is 0 Å². The Kier molecular flexibility index (Phi) is 1.41. The van der Waals surface area contributed by atoms with Crippen molar-refractivity contribution < 1.29 is 4.74 Å². The quantitative estimate of drug-likeness (QED) is 0.443. The Morgan fingerprint density at radius 3 is 3.44 bits per heavy atom. The zero-order chi connectivity index (χ0) is 6.10. The van der Waals surface area contributed by atoms with Gasteiger partial charge in [0.25, 0.3) is 0 Å². The van der Waals surface area contributed by atoms with Crippen molar-refractivity contribution in [3.63, 3.8) is 0 Å². The first-order valence-corrected chi connectivity index (χ1v) is 3.39. The van der Waals surface area contributed by atoms with Crippen LogP contribution in [0.25, 0.3) is 0 Å². The molecule has 0 aromatic rings. The SMILES string of the molecule is C1COC2CNC[C]2N1. The first-order chi connectivity index (χ1) is 4.47. The maximum Gasteiger partial charge on any atom is 0.0913 e. The van der Waals surface area contributed by atoms with Crippen LogP contribution in [-0.4, -0.2) is 32.3 Å². The summed E-state index contributed by atoms with van der Waals surface area (Å²) < 4.78 is 5.44. The van der Waals surface area contributed by atoms with Gasteiger partial charge in [0, 0.05) is 19.6 Å². The molecule has 0 bridgehead atoms. The Labute approximate surface area is 54.8 Å². The zero-order valence-electron chi connectivity index (χ0n) is 5.31. The van der Waals surface area contributed by atoms with E-state index in [2.05, 4.69) is 10.6 Å². The zero-order valence-corrected chi connectivity index (χ0v) is 5.31. The summed E-state index contributed by atoms with van der Waals surface area (Å²) in [5.74, 6) is 0. The highest BCUT2D eigenvalue weighted by atomic mass is 16.5. The van der Waals surface area contributed by atoms with Gasteiger partial charge in [0.15, 0.2) is 0 Å². The van der Waals surface area contributed by atoms with E-state index in [-0.39, 0.29) is 0 Å². The van der Waals surface area contributed by atoms with Gasteiger partial charge in [-0.05, 0) is 0 Å². The normalized spacial score (nSPS) is 36.7. The lowest BCUT2D eigenvalue weighted by molar-refractivity contribution is 0.0495. The van der Waals surface area contributed by atoms with E-state index < -0.39 is 0 Å². The molecule has 2 aliphatic rings. The van der Waals surface area contributed by atoms with Crippen molar-refractivity contribution in [2.45, 2.75) is 6.10 Å². The molecule has 0 amide bonds. The monoisotopic (exact) mass is 127 g/mol. The summed E-state index contributed by atoms with van der Waals surface area (Å²) in [5.41, 5.74) is 0. The lowest BCUT2D eigenvalue weighted by Crippen LogP contribution is -2.40. The van der Waals surface area contributed by atoms with E-state index in [1.165, 1.54) is 6.04 Å². The summed E-state index contributed by atoms with van der Waals surface area (Å²) in [6.07, 6.45) is 0.360. The molecule has 2 N–H and O–H groups in total. The minimum Gasteiger partial charge on any atom is -0.374 e. The summed E-state index contributed by atoms with van der Waals surface area (Å²) in [5, 5.41) is 6.55. The summed E-state index contributed by atoms with van der Waals surface area (Å²) in [6.45, 7) is 3.82. The van der Waals surface area contributed by atoms with Gasteiger partial charge >= 0.3 is 0 Å². The van der Waals surface area contributed by atoms with E-state index in [1.54, 1.807) is 0 Å². The van der Waals surface area contributed by atoms with Crippen LogP contribution in [0.3, 0.4) is 0 Å². The molecule has 0 aromatic carbocycles. The molecule has 9 heavy (non-hydrogen) atoms. The van der Waals surface area contributed by atoms with E-state index in [0.717, 1.165) is 26.2 Å². The Morgan fingerprint density at radius 2 is 2.56 bits per heavy atom. The third-order valence-electron chi connectivity index (χ3n) is 1.81. The van der Waals surface area contributed by atoms with Crippen LogP contribution in [0.1, 0.15) is 0 Å². The van der Waals surface area contributed by atoms with Gasteiger partial charge in [-0.1, -0.05) is 0 Å². The number of fused-ring (bicyclic) bond motifs is 1. The van der Waals surface area contributed by atoms with E-state index in [9.17, 15) is 0 Å². The molecular formula is C6H11N2O. The van der Waals surface area contributed by atoms with Gasteiger partial charge in [-0.25, -0.2) is 0 Å². The molecule has 0 aliphatic carbocycles. The number of rotatable bonds is 0. The van der Waals surface area contributed by atoms with Crippen LogP contribution >= 0.6 is 0 Å². The predicted octanol–water partition coefficient (Wildman–Crippen LogP) is -0.890. The fraction of sp³-hybridized carbons (Fsp3) is 0.833.